The summed E-state index contributed by atoms with van der Waals surface area (Å²) in [6, 6.07) is 0.189. The van der Waals surface area contributed by atoms with Gasteiger partial charge in [0.15, 0.2) is 0 Å². The number of carbonyl (C=O) groups excluding carboxylic acids is 1. The van der Waals surface area contributed by atoms with Crippen molar-refractivity contribution >= 4 is 6.03 Å². The zero-order valence-corrected chi connectivity index (χ0v) is 7.92. The Morgan fingerprint density at radius 1 is 1.50 bits per heavy atom. The molecule has 1 fully saturated rings. The highest BCUT2D eigenvalue weighted by atomic mass is 16.2. The summed E-state index contributed by atoms with van der Waals surface area (Å²) in [5, 5.41) is 0. The van der Waals surface area contributed by atoms with Crippen LogP contribution in [0.25, 0.3) is 0 Å². The van der Waals surface area contributed by atoms with Gasteiger partial charge in [-0.2, -0.15) is 0 Å². The Morgan fingerprint density at radius 2 is 2.17 bits per heavy atom. The highest BCUT2D eigenvalue weighted by Crippen LogP contribution is 2.09. The summed E-state index contributed by atoms with van der Waals surface area (Å²) in [4.78, 5) is 15.4. The molecule has 0 saturated carbocycles. The minimum Gasteiger partial charge on any atom is -0.325 e. The Bertz CT molecular complexity index is 145. The largest absolute Gasteiger partial charge is 0.325 e. The Labute approximate surface area is 74.3 Å². The molecule has 2 amide bonds. The van der Waals surface area contributed by atoms with E-state index in [0.29, 0.717) is 0 Å². The minimum absolute atomic E-state index is 0.189. The predicted octanol–water partition coefficient (Wildman–Crippen LogP) is 1.36. The Balaban J connectivity index is 2.43. The van der Waals surface area contributed by atoms with Crippen LogP contribution in [-0.4, -0.2) is 42.0 Å². The predicted molar refractivity (Wildman–Crippen MR) is 48.8 cm³/mol. The van der Waals surface area contributed by atoms with Crippen LogP contribution < -0.4 is 0 Å². The van der Waals surface area contributed by atoms with E-state index in [2.05, 4.69) is 6.42 Å². The molecule has 3 nitrogen and oxygen atoms in total. The van der Waals surface area contributed by atoms with Gasteiger partial charge >= 0.3 is 6.03 Å². The van der Waals surface area contributed by atoms with Crippen molar-refractivity contribution in [2.75, 3.05) is 26.2 Å². The number of carbonyl (C=O) groups is 1. The number of nitrogens with zero attached hydrogens (tertiary/aromatic N) is 2. The van der Waals surface area contributed by atoms with Crippen LogP contribution in [0.2, 0.25) is 0 Å². The van der Waals surface area contributed by atoms with E-state index in [0.717, 1.165) is 32.6 Å². The third-order valence-electron chi connectivity index (χ3n) is 2.26. The quantitative estimate of drug-likeness (QED) is 0.612. The van der Waals surface area contributed by atoms with Crippen LogP contribution in [0.5, 0.6) is 0 Å². The van der Waals surface area contributed by atoms with Crippen LogP contribution >= 0.6 is 0 Å². The Kier molecular flexibility index (Phi) is 3.38. The number of urea groups is 1. The van der Waals surface area contributed by atoms with Gasteiger partial charge in [-0.1, -0.05) is 0 Å². The van der Waals surface area contributed by atoms with Crippen LogP contribution in [-0.2, 0) is 0 Å². The summed E-state index contributed by atoms with van der Waals surface area (Å²) < 4.78 is 0. The molecule has 0 aliphatic carbocycles. The van der Waals surface area contributed by atoms with Gasteiger partial charge in [-0.25, -0.2) is 4.79 Å². The maximum atomic E-state index is 11.6. The molecule has 1 aliphatic heterocycles. The van der Waals surface area contributed by atoms with Crippen LogP contribution in [0.15, 0.2) is 0 Å². The molecule has 1 aliphatic rings. The highest BCUT2D eigenvalue weighted by molar-refractivity contribution is 5.74. The maximum Gasteiger partial charge on any atom is 0.319 e. The van der Waals surface area contributed by atoms with Crippen molar-refractivity contribution in [2.45, 2.75) is 20.3 Å². The van der Waals surface area contributed by atoms with Crippen LogP contribution in [0.1, 0.15) is 20.3 Å². The molecular formula is C9H17N2O. The molecule has 1 rings (SSSR count). The molecule has 1 saturated heterocycles. The van der Waals surface area contributed by atoms with Crippen LogP contribution in [0, 0.1) is 6.42 Å². The fourth-order valence-electron chi connectivity index (χ4n) is 1.45. The van der Waals surface area contributed by atoms with Gasteiger partial charge in [0, 0.05) is 26.2 Å². The zero-order chi connectivity index (χ0) is 8.97. The van der Waals surface area contributed by atoms with Crippen LogP contribution in [0.4, 0.5) is 4.79 Å². The van der Waals surface area contributed by atoms with Crippen molar-refractivity contribution in [3.63, 3.8) is 0 Å². The standard InChI is InChI=1S/C9H17N2O/c1-3-10(4-2)9(12)11-7-5-6-8-11/h5H,3-4,6-8H2,1-2H3. The summed E-state index contributed by atoms with van der Waals surface area (Å²) >= 11 is 0. The van der Waals surface area contributed by atoms with E-state index in [-0.39, 0.29) is 6.03 Å². The number of likely N-dealkylation sites (tertiary alicyclic amines) is 1. The average molecular weight is 169 g/mol. The minimum atomic E-state index is 0.189. The third-order valence-corrected chi connectivity index (χ3v) is 2.26. The summed E-state index contributed by atoms with van der Waals surface area (Å²) in [6.45, 7) is 7.38. The molecule has 0 aromatic carbocycles. The zero-order valence-electron chi connectivity index (χ0n) is 7.92. The topological polar surface area (TPSA) is 23.6 Å². The van der Waals surface area contributed by atoms with Crippen molar-refractivity contribution in [3.05, 3.63) is 6.42 Å². The van der Waals surface area contributed by atoms with Gasteiger partial charge < -0.3 is 9.80 Å². The number of hydrogen-bond acceptors (Lipinski definition) is 1. The van der Waals surface area contributed by atoms with Gasteiger partial charge in [0.2, 0.25) is 0 Å². The molecule has 0 aromatic heterocycles. The first-order chi connectivity index (χ1) is 5.79. The average Bonchev–Trinajstić information content (AvgIpc) is 2.58. The van der Waals surface area contributed by atoms with Crippen molar-refractivity contribution in [1.82, 2.24) is 9.80 Å². The summed E-state index contributed by atoms with van der Waals surface area (Å²) in [5.74, 6) is 0. The molecular weight excluding hydrogens is 152 g/mol. The Hall–Kier alpha value is -0.730. The molecule has 1 heterocycles. The van der Waals surface area contributed by atoms with Crippen molar-refractivity contribution in [3.8, 4) is 0 Å². The Morgan fingerprint density at radius 3 is 2.58 bits per heavy atom. The molecule has 0 N–H and O–H groups in total. The van der Waals surface area contributed by atoms with Gasteiger partial charge in [0.25, 0.3) is 0 Å². The monoisotopic (exact) mass is 169 g/mol. The second-order valence-corrected chi connectivity index (χ2v) is 2.98. The molecule has 0 atom stereocenters. The molecule has 0 spiro atoms. The molecule has 3 heteroatoms. The molecule has 1 radical (unpaired) electrons. The fourth-order valence-corrected chi connectivity index (χ4v) is 1.45. The number of rotatable bonds is 2. The van der Waals surface area contributed by atoms with E-state index in [1.165, 1.54) is 0 Å². The number of amides is 2. The molecule has 0 unspecified atom stereocenters. The van der Waals surface area contributed by atoms with E-state index in [9.17, 15) is 4.79 Å². The lowest BCUT2D eigenvalue weighted by molar-refractivity contribution is 0.168. The first-order valence-electron chi connectivity index (χ1n) is 4.65. The maximum absolute atomic E-state index is 11.6. The van der Waals surface area contributed by atoms with Gasteiger partial charge in [-0.3, -0.25) is 0 Å². The lowest BCUT2D eigenvalue weighted by atomic mass is 10.4. The number of hydrogen-bond donors (Lipinski definition) is 0. The van der Waals surface area contributed by atoms with Crippen molar-refractivity contribution in [1.29, 1.82) is 0 Å². The van der Waals surface area contributed by atoms with Gasteiger partial charge in [0.1, 0.15) is 0 Å². The normalized spacial score (nSPS) is 16.7. The summed E-state index contributed by atoms with van der Waals surface area (Å²) in [5.41, 5.74) is 0. The molecule has 69 valence electrons. The van der Waals surface area contributed by atoms with Gasteiger partial charge in [0.05, 0.1) is 0 Å². The van der Waals surface area contributed by atoms with E-state index < -0.39 is 0 Å². The van der Waals surface area contributed by atoms with E-state index in [1.807, 2.05) is 23.6 Å². The lowest BCUT2D eigenvalue weighted by Gasteiger charge is -2.25. The molecule has 0 aromatic rings. The first kappa shape index (κ1) is 9.36. The van der Waals surface area contributed by atoms with E-state index in [4.69, 9.17) is 0 Å². The third kappa shape index (κ3) is 1.90. The smallest absolute Gasteiger partial charge is 0.319 e. The first-order valence-corrected chi connectivity index (χ1v) is 4.65. The van der Waals surface area contributed by atoms with E-state index in [1.54, 1.807) is 0 Å². The lowest BCUT2D eigenvalue weighted by Crippen LogP contribution is -2.41. The molecule has 12 heavy (non-hydrogen) atoms. The second-order valence-electron chi connectivity index (χ2n) is 2.98. The summed E-state index contributed by atoms with van der Waals surface area (Å²) in [6.07, 6.45) is 3.20. The second kappa shape index (κ2) is 4.33. The molecule has 0 bridgehead atoms. The van der Waals surface area contributed by atoms with E-state index >= 15 is 0 Å². The SMILES string of the molecule is CCN(CC)C(=O)N1C[CH]CC1. The van der Waals surface area contributed by atoms with Gasteiger partial charge in [-0.15, -0.1) is 0 Å². The highest BCUT2D eigenvalue weighted by Gasteiger charge is 2.21. The fraction of sp³-hybridized carbons (Fsp3) is 0.778. The van der Waals surface area contributed by atoms with Crippen molar-refractivity contribution < 1.29 is 4.79 Å². The van der Waals surface area contributed by atoms with Gasteiger partial charge in [-0.05, 0) is 26.7 Å². The van der Waals surface area contributed by atoms with Crippen LogP contribution in [0.3, 0.4) is 0 Å². The van der Waals surface area contributed by atoms with Crippen molar-refractivity contribution in [2.24, 2.45) is 0 Å². The summed E-state index contributed by atoms with van der Waals surface area (Å²) in [7, 11) is 0.